The molecule has 1 aliphatic rings. The second-order valence-electron chi connectivity index (χ2n) is 8.70. The highest BCUT2D eigenvalue weighted by molar-refractivity contribution is 7.15. The second-order valence-corrected chi connectivity index (χ2v) is 9.73. The molecule has 174 valence electrons. The number of pyridine rings is 1. The number of rotatable bonds is 6. The van der Waals surface area contributed by atoms with E-state index in [9.17, 15) is 19.4 Å². The van der Waals surface area contributed by atoms with E-state index in [1.165, 1.54) is 11.3 Å². The van der Waals surface area contributed by atoms with Crippen molar-refractivity contribution in [1.29, 1.82) is 0 Å². The van der Waals surface area contributed by atoms with E-state index >= 15 is 0 Å². The highest BCUT2D eigenvalue weighted by Gasteiger charge is 2.40. The smallest absolute Gasteiger partial charge is 0.306 e. The number of hydrogen-bond donors (Lipinski definition) is 3. The number of nitrogens with one attached hydrogen (secondary N) is 1. The molecule has 0 bridgehead atoms. The van der Waals surface area contributed by atoms with Crippen LogP contribution in [-0.2, 0) is 10.4 Å². The minimum absolute atomic E-state index is 0.0475. The molecule has 0 aromatic carbocycles. The molecule has 1 aliphatic carbocycles. The van der Waals surface area contributed by atoms with E-state index in [2.05, 4.69) is 25.3 Å². The van der Waals surface area contributed by atoms with Gasteiger partial charge in [-0.2, -0.15) is 0 Å². The number of anilines is 2. The Morgan fingerprint density at radius 3 is 2.55 bits per heavy atom. The van der Waals surface area contributed by atoms with Crippen molar-refractivity contribution in [3.63, 3.8) is 0 Å². The predicted octanol–water partition coefficient (Wildman–Crippen LogP) is 4.59. The quantitative estimate of drug-likeness (QED) is 0.477. The van der Waals surface area contributed by atoms with Crippen molar-refractivity contribution in [1.82, 2.24) is 19.9 Å². The molecule has 3 N–H and O–H groups in total. The third kappa shape index (κ3) is 5.01. The summed E-state index contributed by atoms with van der Waals surface area (Å²) in [6, 6.07) is 3.67. The van der Waals surface area contributed by atoms with Gasteiger partial charge in [-0.05, 0) is 64.5 Å². The molecule has 1 fully saturated rings. The molecular weight excluding hydrogens is 445 g/mol. The fraction of sp³-hybridized carbons (Fsp3) is 0.435. The minimum Gasteiger partial charge on any atom is -0.481 e. The highest BCUT2D eigenvalue weighted by atomic mass is 32.1. The van der Waals surface area contributed by atoms with E-state index in [1.807, 2.05) is 19.1 Å². The van der Waals surface area contributed by atoms with Crippen molar-refractivity contribution in [3.8, 4) is 10.6 Å². The Balaban J connectivity index is 1.54. The zero-order chi connectivity index (χ0) is 23.8. The summed E-state index contributed by atoms with van der Waals surface area (Å²) >= 11 is 1.37. The van der Waals surface area contributed by atoms with E-state index < -0.39 is 17.4 Å². The lowest BCUT2D eigenvalue weighted by molar-refractivity contribution is -0.144. The van der Waals surface area contributed by atoms with Gasteiger partial charge in [-0.25, -0.2) is 19.3 Å². The molecule has 10 heteroatoms. The summed E-state index contributed by atoms with van der Waals surface area (Å²) in [5.74, 6) is -1.32. The van der Waals surface area contributed by atoms with Gasteiger partial charge < -0.3 is 15.5 Å². The van der Waals surface area contributed by atoms with Gasteiger partial charge in [0.05, 0.1) is 28.4 Å². The third-order valence-corrected chi connectivity index (χ3v) is 7.44. The van der Waals surface area contributed by atoms with Gasteiger partial charge in [-0.1, -0.05) is 0 Å². The molecule has 3 aromatic heterocycles. The fourth-order valence-electron chi connectivity index (χ4n) is 4.21. The Hall–Kier alpha value is -2.98. The molecule has 1 saturated carbocycles. The van der Waals surface area contributed by atoms with Crippen LogP contribution in [0.4, 0.5) is 16.0 Å². The van der Waals surface area contributed by atoms with Crippen molar-refractivity contribution in [2.75, 3.05) is 5.32 Å². The summed E-state index contributed by atoms with van der Waals surface area (Å²) in [5.41, 5.74) is 1.27. The molecule has 0 unspecified atom stereocenters. The molecule has 0 radical (unpaired) electrons. The Morgan fingerprint density at radius 2 is 1.88 bits per heavy atom. The number of aliphatic hydroxyl groups is 1. The van der Waals surface area contributed by atoms with Gasteiger partial charge in [0.15, 0.2) is 5.82 Å². The Labute approximate surface area is 195 Å². The normalized spacial score (nSPS) is 20.3. The number of thiazole rings is 1. The first-order chi connectivity index (χ1) is 15.6. The van der Waals surface area contributed by atoms with E-state index in [1.54, 1.807) is 20.0 Å². The van der Waals surface area contributed by atoms with Gasteiger partial charge in [0.25, 0.3) is 0 Å². The van der Waals surface area contributed by atoms with Gasteiger partial charge in [0.2, 0.25) is 5.95 Å². The first-order valence-electron chi connectivity index (χ1n) is 10.8. The van der Waals surface area contributed by atoms with Crippen LogP contribution in [0.2, 0.25) is 0 Å². The number of aliphatic carboxylic acids is 1. The number of halogens is 1. The molecular formula is C23H26FN5O3S. The lowest BCUT2D eigenvalue weighted by Crippen LogP contribution is -2.35. The molecule has 1 atom stereocenters. The lowest BCUT2D eigenvalue weighted by atomic mass is 9.74. The molecule has 33 heavy (non-hydrogen) atoms. The molecule has 0 saturated heterocycles. The van der Waals surface area contributed by atoms with Gasteiger partial charge in [-0.15, -0.1) is 11.3 Å². The maximum atomic E-state index is 13.5. The van der Waals surface area contributed by atoms with Crippen LogP contribution in [-0.4, -0.2) is 36.1 Å². The molecule has 8 nitrogen and oxygen atoms in total. The van der Waals surface area contributed by atoms with Gasteiger partial charge in [-0.3, -0.25) is 9.78 Å². The van der Waals surface area contributed by atoms with Crippen LogP contribution < -0.4 is 5.32 Å². The average molecular weight is 472 g/mol. The highest BCUT2D eigenvalue weighted by Crippen LogP contribution is 2.43. The second kappa shape index (κ2) is 9.11. The molecule has 0 spiro atoms. The van der Waals surface area contributed by atoms with Gasteiger partial charge in [0.1, 0.15) is 10.6 Å². The number of aromatic nitrogens is 4. The topological polar surface area (TPSA) is 121 Å². The van der Waals surface area contributed by atoms with Crippen LogP contribution in [0, 0.1) is 31.5 Å². The molecule has 3 aromatic rings. The standard InChI is InChI=1S/C23H26FN5O3S/c1-12-8-16(29-22-26-10-17(24)13(2)28-22)9-18(27-12)19-11-25-21(33-19)23(3,32)15-6-4-14(5-7-15)20(30)31/h8-11,14-15,32H,4-7H2,1-3H3,(H,30,31)(H,26,27,28,29)/t14?,15?,23-/m0/s1. The zero-order valence-corrected chi connectivity index (χ0v) is 19.5. The van der Waals surface area contributed by atoms with Crippen molar-refractivity contribution in [2.45, 2.75) is 52.1 Å². The molecule has 0 aliphatic heterocycles. The number of nitrogens with zero attached hydrogens (tertiary/aromatic N) is 4. The van der Waals surface area contributed by atoms with Crippen molar-refractivity contribution >= 4 is 28.9 Å². The summed E-state index contributed by atoms with van der Waals surface area (Å²) in [6.07, 6.45) is 5.24. The van der Waals surface area contributed by atoms with Gasteiger partial charge in [0, 0.05) is 17.6 Å². The number of carboxylic acid groups (broad SMARTS) is 1. The number of carboxylic acids is 1. The van der Waals surface area contributed by atoms with E-state index in [-0.39, 0.29) is 23.5 Å². The number of carbonyl (C=O) groups is 1. The van der Waals surface area contributed by atoms with Crippen LogP contribution >= 0.6 is 11.3 Å². The summed E-state index contributed by atoms with van der Waals surface area (Å²) in [5, 5.41) is 24.2. The third-order valence-electron chi connectivity index (χ3n) is 6.19. The lowest BCUT2D eigenvalue weighted by Gasteiger charge is -2.35. The largest absolute Gasteiger partial charge is 0.481 e. The van der Waals surface area contributed by atoms with Crippen molar-refractivity contribution in [3.05, 3.63) is 46.7 Å². The first-order valence-corrected chi connectivity index (χ1v) is 11.6. The van der Waals surface area contributed by atoms with Crippen LogP contribution in [0.15, 0.2) is 24.5 Å². The average Bonchev–Trinajstić information content (AvgIpc) is 3.27. The van der Waals surface area contributed by atoms with E-state index in [4.69, 9.17) is 0 Å². The SMILES string of the molecule is Cc1cc(Nc2ncc(F)c(C)n2)cc(-c2cnc([C@@](C)(O)C3CCC(C(=O)O)CC3)s2)n1. The maximum absolute atomic E-state index is 13.5. The van der Waals surface area contributed by atoms with E-state index in [0.29, 0.717) is 42.1 Å². The number of hydrogen-bond acceptors (Lipinski definition) is 8. The Morgan fingerprint density at radius 1 is 1.15 bits per heavy atom. The number of aryl methyl sites for hydroxylation is 2. The fourth-order valence-corrected chi connectivity index (χ4v) is 5.21. The Kier molecular flexibility index (Phi) is 6.40. The van der Waals surface area contributed by atoms with Crippen LogP contribution in [0.1, 0.15) is 49.0 Å². The van der Waals surface area contributed by atoms with Crippen LogP contribution in [0.3, 0.4) is 0 Å². The van der Waals surface area contributed by atoms with E-state index in [0.717, 1.165) is 16.8 Å². The molecule has 4 rings (SSSR count). The Bertz CT molecular complexity index is 1170. The molecule has 0 amide bonds. The van der Waals surface area contributed by atoms with Crippen LogP contribution in [0.5, 0.6) is 0 Å². The minimum atomic E-state index is -1.14. The van der Waals surface area contributed by atoms with Crippen molar-refractivity contribution < 1.29 is 19.4 Å². The summed E-state index contributed by atoms with van der Waals surface area (Å²) in [6.45, 7) is 5.20. The van der Waals surface area contributed by atoms with Crippen molar-refractivity contribution in [2.24, 2.45) is 11.8 Å². The van der Waals surface area contributed by atoms with Gasteiger partial charge >= 0.3 is 5.97 Å². The summed E-state index contributed by atoms with van der Waals surface area (Å²) in [7, 11) is 0. The summed E-state index contributed by atoms with van der Waals surface area (Å²) < 4.78 is 13.5. The monoisotopic (exact) mass is 471 g/mol. The zero-order valence-electron chi connectivity index (χ0n) is 18.7. The predicted molar refractivity (Wildman–Crippen MR) is 123 cm³/mol. The summed E-state index contributed by atoms with van der Waals surface area (Å²) in [4.78, 5) is 29.2. The van der Waals surface area contributed by atoms with Crippen LogP contribution in [0.25, 0.3) is 10.6 Å². The molecule has 3 heterocycles. The first kappa shape index (κ1) is 23.2. The maximum Gasteiger partial charge on any atom is 0.306 e.